The molecule has 0 radical (unpaired) electrons. The smallest absolute Gasteiger partial charge is 0.248 e. The molecule has 2 fully saturated rings. The zero-order chi connectivity index (χ0) is 15.0. The number of aryl methyl sites for hydroxylation is 2. The Labute approximate surface area is 125 Å². The van der Waals surface area contributed by atoms with Gasteiger partial charge in [0.2, 0.25) is 10.0 Å². The number of sulfonamides is 1. The molecule has 0 saturated carbocycles. The minimum absolute atomic E-state index is 0.239. The SMILES string of the molecule is Cc1noc(C)c1S(=O)(=O)N1CCC(N2CCNCC2)C1. The van der Waals surface area contributed by atoms with Gasteiger partial charge in [0, 0.05) is 45.3 Å². The van der Waals surface area contributed by atoms with E-state index in [1.807, 2.05) is 0 Å². The second-order valence-electron chi connectivity index (χ2n) is 5.74. The molecule has 3 rings (SSSR count). The first kappa shape index (κ1) is 15.0. The van der Waals surface area contributed by atoms with Crippen molar-refractivity contribution in [3.05, 3.63) is 11.5 Å². The van der Waals surface area contributed by atoms with Crippen LogP contribution >= 0.6 is 0 Å². The Morgan fingerprint density at radius 3 is 2.57 bits per heavy atom. The van der Waals surface area contributed by atoms with Crippen LogP contribution in [0.1, 0.15) is 17.9 Å². The predicted octanol–water partition coefficient (Wildman–Crippen LogP) is -0.0404. The normalized spacial score (nSPS) is 25.5. The fourth-order valence-electron chi connectivity index (χ4n) is 3.25. The van der Waals surface area contributed by atoms with Gasteiger partial charge >= 0.3 is 0 Å². The quantitative estimate of drug-likeness (QED) is 0.843. The number of rotatable bonds is 3. The Hall–Kier alpha value is -0.960. The molecule has 2 aliphatic heterocycles. The van der Waals surface area contributed by atoms with Gasteiger partial charge in [-0.25, -0.2) is 8.42 Å². The first-order chi connectivity index (χ1) is 10.00. The number of hydrogen-bond donors (Lipinski definition) is 1. The number of hydrogen-bond acceptors (Lipinski definition) is 6. The summed E-state index contributed by atoms with van der Waals surface area (Å²) in [5, 5.41) is 7.09. The lowest BCUT2D eigenvalue weighted by Gasteiger charge is -2.32. The van der Waals surface area contributed by atoms with E-state index in [1.54, 1.807) is 18.2 Å². The van der Waals surface area contributed by atoms with Gasteiger partial charge in [-0.2, -0.15) is 4.31 Å². The Kier molecular flexibility index (Phi) is 4.04. The fraction of sp³-hybridized carbons (Fsp3) is 0.769. The van der Waals surface area contributed by atoms with Crippen molar-refractivity contribution in [3.8, 4) is 0 Å². The number of piperazine rings is 1. The summed E-state index contributed by atoms with van der Waals surface area (Å²) in [6.45, 7) is 8.39. The maximum atomic E-state index is 12.8. The van der Waals surface area contributed by atoms with Gasteiger partial charge in [0.1, 0.15) is 10.6 Å². The van der Waals surface area contributed by atoms with Crippen molar-refractivity contribution < 1.29 is 12.9 Å². The fourth-order valence-corrected chi connectivity index (χ4v) is 5.03. The van der Waals surface area contributed by atoms with Crippen LogP contribution in [-0.4, -0.2) is 68.1 Å². The van der Waals surface area contributed by atoms with Gasteiger partial charge in [-0.05, 0) is 20.3 Å². The largest absolute Gasteiger partial charge is 0.360 e. The molecular formula is C13H22N4O3S. The predicted molar refractivity (Wildman–Crippen MR) is 77.6 cm³/mol. The molecule has 0 aliphatic carbocycles. The van der Waals surface area contributed by atoms with E-state index in [2.05, 4.69) is 15.4 Å². The Morgan fingerprint density at radius 2 is 1.95 bits per heavy atom. The molecule has 3 heterocycles. The van der Waals surface area contributed by atoms with E-state index in [0.717, 1.165) is 32.6 Å². The topological polar surface area (TPSA) is 78.7 Å². The van der Waals surface area contributed by atoms with E-state index >= 15 is 0 Å². The standard InChI is InChI=1S/C13H22N4O3S/c1-10-13(11(2)20-15-10)21(18,19)17-6-3-12(9-17)16-7-4-14-5-8-16/h12,14H,3-9H2,1-2H3. The third kappa shape index (κ3) is 2.73. The second-order valence-corrected chi connectivity index (χ2v) is 7.62. The molecule has 1 aromatic heterocycles. The number of nitrogens with zero attached hydrogens (tertiary/aromatic N) is 3. The molecule has 1 aromatic rings. The molecule has 8 heteroatoms. The summed E-state index contributed by atoms with van der Waals surface area (Å²) in [7, 11) is -3.49. The highest BCUT2D eigenvalue weighted by molar-refractivity contribution is 7.89. The summed E-state index contributed by atoms with van der Waals surface area (Å²) in [4.78, 5) is 2.63. The van der Waals surface area contributed by atoms with Crippen molar-refractivity contribution in [3.63, 3.8) is 0 Å². The molecule has 118 valence electrons. The van der Waals surface area contributed by atoms with Crippen LogP contribution in [0.25, 0.3) is 0 Å². The van der Waals surface area contributed by atoms with Crippen molar-refractivity contribution in [1.29, 1.82) is 0 Å². The van der Waals surface area contributed by atoms with E-state index < -0.39 is 10.0 Å². The third-order valence-corrected chi connectivity index (χ3v) is 6.47. The lowest BCUT2D eigenvalue weighted by atomic mass is 10.2. The highest BCUT2D eigenvalue weighted by atomic mass is 32.2. The first-order valence-corrected chi connectivity index (χ1v) is 8.82. The average molecular weight is 314 g/mol. The summed E-state index contributed by atoms with van der Waals surface area (Å²) in [6.07, 6.45) is 0.891. The van der Waals surface area contributed by atoms with Crippen LogP contribution in [-0.2, 0) is 10.0 Å². The minimum Gasteiger partial charge on any atom is -0.360 e. The zero-order valence-corrected chi connectivity index (χ0v) is 13.3. The van der Waals surface area contributed by atoms with Gasteiger partial charge in [0.25, 0.3) is 0 Å². The van der Waals surface area contributed by atoms with E-state index in [9.17, 15) is 8.42 Å². The Balaban J connectivity index is 1.76. The molecule has 2 aliphatic rings. The van der Waals surface area contributed by atoms with Gasteiger partial charge in [0.15, 0.2) is 5.76 Å². The van der Waals surface area contributed by atoms with Gasteiger partial charge in [-0.15, -0.1) is 0 Å². The van der Waals surface area contributed by atoms with Gasteiger partial charge < -0.3 is 9.84 Å². The zero-order valence-electron chi connectivity index (χ0n) is 12.5. The van der Waals surface area contributed by atoms with Crippen LogP contribution in [0.5, 0.6) is 0 Å². The lowest BCUT2D eigenvalue weighted by Crippen LogP contribution is -2.49. The van der Waals surface area contributed by atoms with Crippen LogP contribution in [0.2, 0.25) is 0 Å². The second kappa shape index (κ2) is 5.68. The monoisotopic (exact) mass is 314 g/mol. The van der Waals surface area contributed by atoms with Crippen molar-refractivity contribution in [2.45, 2.75) is 31.2 Å². The van der Waals surface area contributed by atoms with Crippen LogP contribution < -0.4 is 5.32 Å². The average Bonchev–Trinajstić information content (AvgIpc) is 3.08. The summed E-state index contributed by atoms with van der Waals surface area (Å²) >= 11 is 0. The molecule has 0 bridgehead atoms. The maximum absolute atomic E-state index is 12.8. The molecule has 1 unspecified atom stereocenters. The molecule has 0 aromatic carbocycles. The number of aromatic nitrogens is 1. The first-order valence-electron chi connectivity index (χ1n) is 7.38. The number of nitrogens with one attached hydrogen (secondary N) is 1. The van der Waals surface area contributed by atoms with E-state index in [4.69, 9.17) is 4.52 Å². The molecular weight excluding hydrogens is 292 g/mol. The summed E-state index contributed by atoms with van der Waals surface area (Å²) in [5.74, 6) is 0.373. The maximum Gasteiger partial charge on any atom is 0.248 e. The third-order valence-electron chi connectivity index (χ3n) is 4.36. The Morgan fingerprint density at radius 1 is 1.24 bits per heavy atom. The summed E-state index contributed by atoms with van der Waals surface area (Å²) in [5.41, 5.74) is 0.443. The molecule has 21 heavy (non-hydrogen) atoms. The van der Waals surface area contributed by atoms with Crippen molar-refractivity contribution >= 4 is 10.0 Å². The van der Waals surface area contributed by atoms with Gasteiger partial charge in [-0.3, -0.25) is 4.90 Å². The van der Waals surface area contributed by atoms with Crippen molar-refractivity contribution in [1.82, 2.24) is 19.7 Å². The minimum atomic E-state index is -3.49. The van der Waals surface area contributed by atoms with Crippen molar-refractivity contribution in [2.75, 3.05) is 39.3 Å². The molecule has 1 atom stereocenters. The van der Waals surface area contributed by atoms with E-state index in [-0.39, 0.29) is 4.90 Å². The summed E-state index contributed by atoms with van der Waals surface area (Å²) in [6, 6.07) is 0.322. The molecule has 2 saturated heterocycles. The molecule has 0 amide bonds. The van der Waals surface area contributed by atoms with Crippen LogP contribution in [0.3, 0.4) is 0 Å². The van der Waals surface area contributed by atoms with E-state index in [0.29, 0.717) is 30.6 Å². The van der Waals surface area contributed by atoms with Gasteiger partial charge in [0.05, 0.1) is 0 Å². The van der Waals surface area contributed by atoms with Crippen LogP contribution in [0, 0.1) is 13.8 Å². The molecule has 1 N–H and O–H groups in total. The van der Waals surface area contributed by atoms with Crippen molar-refractivity contribution in [2.24, 2.45) is 0 Å². The summed E-state index contributed by atoms with van der Waals surface area (Å²) < 4.78 is 32.1. The van der Waals surface area contributed by atoms with E-state index in [1.165, 1.54) is 0 Å². The Bertz CT molecular complexity index is 587. The molecule has 7 nitrogen and oxygen atoms in total. The van der Waals surface area contributed by atoms with Gasteiger partial charge in [-0.1, -0.05) is 5.16 Å². The van der Waals surface area contributed by atoms with Crippen LogP contribution in [0.15, 0.2) is 9.42 Å². The highest BCUT2D eigenvalue weighted by Gasteiger charge is 2.38. The van der Waals surface area contributed by atoms with Crippen LogP contribution in [0.4, 0.5) is 0 Å². The molecule has 0 spiro atoms. The highest BCUT2D eigenvalue weighted by Crippen LogP contribution is 2.27. The lowest BCUT2D eigenvalue weighted by molar-refractivity contribution is 0.179.